The van der Waals surface area contributed by atoms with E-state index in [0.717, 1.165) is 17.3 Å². The summed E-state index contributed by atoms with van der Waals surface area (Å²) in [5.74, 6) is 0.471. The van der Waals surface area contributed by atoms with Gasteiger partial charge in [-0.15, -0.1) is 0 Å². The first-order chi connectivity index (χ1) is 11.6. The van der Waals surface area contributed by atoms with Crippen LogP contribution >= 0.6 is 15.9 Å². The second-order valence-electron chi connectivity index (χ2n) is 6.40. The quantitative estimate of drug-likeness (QED) is 0.594. The van der Waals surface area contributed by atoms with Gasteiger partial charge in [0.05, 0.1) is 0 Å². The third kappa shape index (κ3) is 4.51. The van der Waals surface area contributed by atoms with E-state index in [9.17, 15) is 0 Å². The van der Waals surface area contributed by atoms with Gasteiger partial charge in [-0.25, -0.2) is 9.13 Å². The topological polar surface area (TPSA) is 7.76 Å². The first kappa shape index (κ1) is 16.8. The normalized spacial score (nSPS) is 11.0. The maximum Gasteiger partial charge on any atom is 0.168 e. The molecule has 122 valence electrons. The molecule has 2 heterocycles. The van der Waals surface area contributed by atoms with Crippen molar-refractivity contribution >= 4 is 15.9 Å². The third-order valence-electron chi connectivity index (χ3n) is 4.40. The fraction of sp³-hybridized carbons (Fsp3) is 0.238. The second-order valence-corrected chi connectivity index (χ2v) is 7.32. The van der Waals surface area contributed by atoms with Crippen molar-refractivity contribution in [3.05, 3.63) is 94.5 Å². The molecule has 0 N–H and O–H groups in total. The third-order valence-corrected chi connectivity index (χ3v) is 4.93. The van der Waals surface area contributed by atoms with Gasteiger partial charge in [0, 0.05) is 28.7 Å². The molecule has 0 aliphatic rings. The average molecular weight is 383 g/mol. The molecule has 0 saturated carbocycles. The minimum absolute atomic E-state index is 0.471. The second kappa shape index (κ2) is 7.71. The fourth-order valence-electron chi connectivity index (χ4n) is 2.95. The van der Waals surface area contributed by atoms with Crippen molar-refractivity contribution in [2.75, 3.05) is 0 Å². The molecule has 0 spiro atoms. The Hall–Kier alpha value is -2.00. The molecule has 0 atom stereocenters. The van der Waals surface area contributed by atoms with E-state index in [2.05, 4.69) is 112 Å². The lowest BCUT2D eigenvalue weighted by Gasteiger charge is -2.17. The molecule has 1 aromatic carbocycles. The summed E-state index contributed by atoms with van der Waals surface area (Å²) in [4.78, 5) is 0. The van der Waals surface area contributed by atoms with E-state index in [1.54, 1.807) is 0 Å². The molecule has 0 fully saturated rings. The minimum Gasteiger partial charge on any atom is -0.208 e. The maximum atomic E-state index is 3.54. The summed E-state index contributed by atoms with van der Waals surface area (Å²) in [6, 6.07) is 17.6. The zero-order valence-electron chi connectivity index (χ0n) is 14.2. The van der Waals surface area contributed by atoms with Crippen LogP contribution in [0, 0.1) is 0 Å². The smallest absolute Gasteiger partial charge is 0.168 e. The number of hydrogen-bond acceptors (Lipinski definition) is 0. The van der Waals surface area contributed by atoms with Gasteiger partial charge in [0.25, 0.3) is 0 Å². The molecular weight excluding hydrogens is 360 g/mol. The highest BCUT2D eigenvalue weighted by Crippen LogP contribution is 2.26. The van der Waals surface area contributed by atoms with Gasteiger partial charge in [0.2, 0.25) is 0 Å². The lowest BCUT2D eigenvalue weighted by molar-refractivity contribution is -0.671. The Morgan fingerprint density at radius 2 is 1.12 bits per heavy atom. The SMILES string of the molecule is C[n+]1ccc(CC(Cc2cc[n+](C)cc2)c2ccc(Br)cc2)cc1. The Bertz CT molecular complexity index is 730. The number of aryl methyl sites for hydroxylation is 2. The Labute approximate surface area is 152 Å². The predicted molar refractivity (Wildman–Crippen MR) is 99.5 cm³/mol. The number of nitrogens with zero attached hydrogens (tertiary/aromatic N) is 2. The molecule has 0 aliphatic heterocycles. The summed E-state index contributed by atoms with van der Waals surface area (Å²) < 4.78 is 5.29. The number of halogens is 1. The maximum absolute atomic E-state index is 3.54. The van der Waals surface area contributed by atoms with Gasteiger partial charge in [-0.1, -0.05) is 28.1 Å². The molecule has 3 heteroatoms. The molecule has 2 aromatic heterocycles. The van der Waals surface area contributed by atoms with Crippen molar-refractivity contribution in [3.8, 4) is 0 Å². The van der Waals surface area contributed by atoms with Crippen molar-refractivity contribution in [2.45, 2.75) is 18.8 Å². The highest BCUT2D eigenvalue weighted by Gasteiger charge is 2.15. The zero-order valence-corrected chi connectivity index (χ0v) is 15.8. The molecule has 0 saturated heterocycles. The minimum atomic E-state index is 0.471. The first-order valence-corrected chi connectivity index (χ1v) is 9.03. The van der Waals surface area contributed by atoms with Crippen LogP contribution in [0.25, 0.3) is 0 Å². The largest absolute Gasteiger partial charge is 0.208 e. The number of aromatic nitrogens is 2. The van der Waals surface area contributed by atoms with Crippen LogP contribution in [-0.2, 0) is 26.9 Å². The van der Waals surface area contributed by atoms with Gasteiger partial charge in [-0.05, 0) is 47.6 Å². The standard InChI is InChI=1S/C21H23BrN2/c1-23-11-7-17(8-12-23)15-20(19-3-5-21(22)6-4-19)16-18-9-13-24(2)14-10-18/h3-14,20H,15-16H2,1-2H3/q+2. The van der Waals surface area contributed by atoms with Crippen molar-refractivity contribution in [2.24, 2.45) is 14.1 Å². The van der Waals surface area contributed by atoms with E-state index in [0.29, 0.717) is 5.92 Å². The number of pyridine rings is 2. The summed E-state index contributed by atoms with van der Waals surface area (Å²) in [5.41, 5.74) is 4.14. The van der Waals surface area contributed by atoms with Crippen molar-refractivity contribution in [1.29, 1.82) is 0 Å². The van der Waals surface area contributed by atoms with E-state index < -0.39 is 0 Å². The highest BCUT2D eigenvalue weighted by atomic mass is 79.9. The lowest BCUT2D eigenvalue weighted by atomic mass is 9.87. The predicted octanol–water partition coefficient (Wildman–Crippen LogP) is 3.67. The Balaban J connectivity index is 1.86. The van der Waals surface area contributed by atoms with Gasteiger partial charge in [0.15, 0.2) is 24.8 Å². The number of rotatable bonds is 5. The Morgan fingerprint density at radius 1 is 0.708 bits per heavy atom. The van der Waals surface area contributed by atoms with Crippen molar-refractivity contribution in [1.82, 2.24) is 0 Å². The summed E-state index contributed by atoms with van der Waals surface area (Å²) in [7, 11) is 4.11. The van der Waals surface area contributed by atoms with E-state index in [1.807, 2.05) is 0 Å². The van der Waals surface area contributed by atoms with Crippen molar-refractivity contribution < 1.29 is 9.13 Å². The van der Waals surface area contributed by atoms with Crippen LogP contribution in [0.2, 0.25) is 0 Å². The Morgan fingerprint density at radius 3 is 1.54 bits per heavy atom. The summed E-state index contributed by atoms with van der Waals surface area (Å²) in [6.07, 6.45) is 10.6. The van der Waals surface area contributed by atoms with E-state index in [1.165, 1.54) is 16.7 Å². The van der Waals surface area contributed by atoms with Crippen LogP contribution in [0.15, 0.2) is 77.8 Å². The molecule has 0 aliphatic carbocycles. The van der Waals surface area contributed by atoms with E-state index in [-0.39, 0.29) is 0 Å². The molecular formula is C21H23BrN2+2. The lowest BCUT2D eigenvalue weighted by Crippen LogP contribution is -2.26. The molecule has 3 rings (SSSR count). The molecule has 3 aromatic rings. The van der Waals surface area contributed by atoms with Gasteiger partial charge in [-0.3, -0.25) is 0 Å². The molecule has 24 heavy (non-hydrogen) atoms. The van der Waals surface area contributed by atoms with E-state index >= 15 is 0 Å². The van der Waals surface area contributed by atoms with Gasteiger partial charge >= 0.3 is 0 Å². The first-order valence-electron chi connectivity index (χ1n) is 8.24. The van der Waals surface area contributed by atoms with Crippen LogP contribution in [0.1, 0.15) is 22.6 Å². The summed E-state index contributed by atoms with van der Waals surface area (Å²) in [5, 5.41) is 0. The summed E-state index contributed by atoms with van der Waals surface area (Å²) in [6.45, 7) is 0. The van der Waals surface area contributed by atoms with Crippen LogP contribution in [-0.4, -0.2) is 0 Å². The van der Waals surface area contributed by atoms with Crippen LogP contribution in [0.3, 0.4) is 0 Å². The van der Waals surface area contributed by atoms with Crippen LogP contribution < -0.4 is 9.13 Å². The summed E-state index contributed by atoms with van der Waals surface area (Å²) >= 11 is 3.54. The monoisotopic (exact) mass is 382 g/mol. The van der Waals surface area contributed by atoms with Crippen molar-refractivity contribution in [3.63, 3.8) is 0 Å². The molecule has 0 amide bonds. The zero-order chi connectivity index (χ0) is 16.9. The van der Waals surface area contributed by atoms with Gasteiger partial charge in [-0.2, -0.15) is 0 Å². The van der Waals surface area contributed by atoms with E-state index in [4.69, 9.17) is 0 Å². The highest BCUT2D eigenvalue weighted by molar-refractivity contribution is 9.10. The van der Waals surface area contributed by atoms with Crippen LogP contribution in [0.4, 0.5) is 0 Å². The number of hydrogen-bond donors (Lipinski definition) is 0. The molecule has 2 nitrogen and oxygen atoms in total. The molecule has 0 unspecified atom stereocenters. The Kier molecular flexibility index (Phi) is 5.41. The van der Waals surface area contributed by atoms with Crippen LogP contribution in [0.5, 0.6) is 0 Å². The molecule has 0 radical (unpaired) electrons. The number of benzene rings is 1. The fourth-order valence-corrected chi connectivity index (χ4v) is 3.21. The average Bonchev–Trinajstić information content (AvgIpc) is 2.59. The molecule has 0 bridgehead atoms. The van der Waals surface area contributed by atoms with Gasteiger partial charge in [0.1, 0.15) is 14.1 Å². The van der Waals surface area contributed by atoms with Gasteiger partial charge < -0.3 is 0 Å².